The van der Waals surface area contributed by atoms with Crippen LogP contribution in [0.25, 0.3) is 0 Å². The number of carbonyl (C=O) groups is 1. The molecule has 0 aliphatic rings. The van der Waals surface area contributed by atoms with Gasteiger partial charge in [0.15, 0.2) is 9.84 Å². The minimum Gasteiger partial charge on any atom is -0.481 e. The number of rotatable bonds is 7. The minimum absolute atomic E-state index is 0.0807. The molecular formula is C13H16O4S. The highest BCUT2D eigenvalue weighted by Gasteiger charge is 2.13. The summed E-state index contributed by atoms with van der Waals surface area (Å²) in [5.74, 6) is -0.853. The van der Waals surface area contributed by atoms with Gasteiger partial charge in [-0.15, -0.1) is 6.58 Å². The van der Waals surface area contributed by atoms with E-state index in [0.717, 1.165) is 0 Å². The molecule has 0 heterocycles. The minimum atomic E-state index is -3.27. The Bertz CT molecular complexity index is 514. The molecule has 0 unspecified atom stereocenters. The molecule has 1 aromatic rings. The molecule has 0 saturated heterocycles. The Balaban J connectivity index is 2.77. The summed E-state index contributed by atoms with van der Waals surface area (Å²) in [6.45, 7) is 3.54. The molecule has 1 rings (SSSR count). The summed E-state index contributed by atoms with van der Waals surface area (Å²) < 4.78 is 23.8. The summed E-state index contributed by atoms with van der Waals surface area (Å²) in [6, 6.07) is 5.99. The number of hydrogen-bond acceptors (Lipinski definition) is 3. The number of aliphatic carboxylic acids is 1. The summed E-state index contributed by atoms with van der Waals surface area (Å²) in [5, 5.41) is 8.61. The molecule has 98 valence electrons. The first-order valence-corrected chi connectivity index (χ1v) is 7.25. The predicted octanol–water partition coefficient (Wildman–Crippen LogP) is 2.05. The van der Waals surface area contributed by atoms with Crippen LogP contribution in [-0.2, 0) is 21.1 Å². The van der Waals surface area contributed by atoms with E-state index in [4.69, 9.17) is 5.11 Å². The second kappa shape index (κ2) is 6.35. The van der Waals surface area contributed by atoms with Crippen molar-refractivity contribution in [1.82, 2.24) is 0 Å². The molecule has 0 spiro atoms. The van der Waals surface area contributed by atoms with Crippen LogP contribution in [0, 0.1) is 0 Å². The number of unbranched alkanes of at least 4 members (excludes halogenated alkanes) is 1. The van der Waals surface area contributed by atoms with Crippen molar-refractivity contribution in [2.45, 2.75) is 24.2 Å². The van der Waals surface area contributed by atoms with E-state index in [2.05, 4.69) is 6.58 Å². The van der Waals surface area contributed by atoms with Crippen molar-refractivity contribution in [3.05, 3.63) is 42.5 Å². The topological polar surface area (TPSA) is 71.4 Å². The third-order valence-electron chi connectivity index (χ3n) is 2.46. The van der Waals surface area contributed by atoms with E-state index in [1.165, 1.54) is 24.3 Å². The normalized spacial score (nSPS) is 11.1. The number of sulfone groups is 1. The fourth-order valence-corrected chi connectivity index (χ4v) is 2.86. The molecule has 0 aliphatic heterocycles. The van der Waals surface area contributed by atoms with Gasteiger partial charge in [0.2, 0.25) is 0 Å². The Morgan fingerprint density at radius 3 is 2.39 bits per heavy atom. The lowest BCUT2D eigenvalue weighted by molar-refractivity contribution is -0.136. The van der Waals surface area contributed by atoms with Crippen molar-refractivity contribution in [2.75, 3.05) is 5.75 Å². The molecule has 0 atom stereocenters. The second-order valence-corrected chi connectivity index (χ2v) is 6.07. The van der Waals surface area contributed by atoms with Gasteiger partial charge in [0.25, 0.3) is 0 Å². The molecular weight excluding hydrogens is 252 g/mol. The van der Waals surface area contributed by atoms with Crippen LogP contribution in [-0.4, -0.2) is 25.2 Å². The van der Waals surface area contributed by atoms with E-state index < -0.39 is 15.8 Å². The molecule has 18 heavy (non-hydrogen) atoms. The van der Waals surface area contributed by atoms with Crippen molar-refractivity contribution in [2.24, 2.45) is 0 Å². The third-order valence-corrected chi connectivity index (χ3v) is 4.28. The van der Waals surface area contributed by atoms with Crippen LogP contribution in [0.1, 0.15) is 18.4 Å². The smallest absolute Gasteiger partial charge is 0.307 e. The van der Waals surface area contributed by atoms with Crippen LogP contribution >= 0.6 is 0 Å². The van der Waals surface area contributed by atoms with Crippen molar-refractivity contribution in [1.29, 1.82) is 0 Å². The van der Waals surface area contributed by atoms with Gasteiger partial charge in [0.1, 0.15) is 0 Å². The maximum absolute atomic E-state index is 11.9. The molecule has 0 fully saturated rings. The number of hydrogen-bond donors (Lipinski definition) is 1. The summed E-state index contributed by atoms with van der Waals surface area (Å²) in [4.78, 5) is 10.7. The second-order valence-electron chi connectivity index (χ2n) is 3.96. The van der Waals surface area contributed by atoms with Crippen LogP contribution in [0.4, 0.5) is 0 Å². The van der Waals surface area contributed by atoms with Crippen molar-refractivity contribution in [3.63, 3.8) is 0 Å². The van der Waals surface area contributed by atoms with Crippen molar-refractivity contribution in [3.8, 4) is 0 Å². The molecule has 1 aromatic carbocycles. The average molecular weight is 268 g/mol. The van der Waals surface area contributed by atoms with E-state index in [1.54, 1.807) is 6.08 Å². The van der Waals surface area contributed by atoms with Gasteiger partial charge in [-0.1, -0.05) is 18.2 Å². The zero-order chi connectivity index (χ0) is 13.6. The van der Waals surface area contributed by atoms with Gasteiger partial charge in [-0.2, -0.15) is 0 Å². The van der Waals surface area contributed by atoms with Gasteiger partial charge in [0.05, 0.1) is 17.1 Å². The molecule has 4 nitrogen and oxygen atoms in total. The van der Waals surface area contributed by atoms with E-state index in [9.17, 15) is 13.2 Å². The van der Waals surface area contributed by atoms with Crippen molar-refractivity contribution < 1.29 is 18.3 Å². The quantitative estimate of drug-likeness (QED) is 0.607. The Kier molecular flexibility index (Phi) is 5.09. The van der Waals surface area contributed by atoms with E-state index in [0.29, 0.717) is 18.4 Å². The van der Waals surface area contributed by atoms with Crippen LogP contribution in [0.15, 0.2) is 41.8 Å². The largest absolute Gasteiger partial charge is 0.481 e. The van der Waals surface area contributed by atoms with Crippen LogP contribution in [0.5, 0.6) is 0 Å². The summed E-state index contributed by atoms with van der Waals surface area (Å²) in [7, 11) is -3.27. The Hall–Kier alpha value is -1.62. The van der Waals surface area contributed by atoms with Crippen LogP contribution in [0.2, 0.25) is 0 Å². The lowest BCUT2D eigenvalue weighted by Crippen LogP contribution is -2.07. The molecule has 0 bridgehead atoms. The fourth-order valence-electron chi connectivity index (χ4n) is 1.52. The standard InChI is InChI=1S/C13H16O4S/c1-2-3-4-9-18(16,17)12-7-5-11(6-8-12)10-13(14)15/h2,5-8H,1,3-4,9-10H2,(H,14,15). The van der Waals surface area contributed by atoms with E-state index in [1.807, 2.05) is 0 Å². The first-order chi connectivity index (χ1) is 8.45. The van der Waals surface area contributed by atoms with Gasteiger partial charge in [0, 0.05) is 0 Å². The lowest BCUT2D eigenvalue weighted by Gasteiger charge is -2.04. The monoisotopic (exact) mass is 268 g/mol. The maximum atomic E-state index is 11.9. The van der Waals surface area contributed by atoms with E-state index in [-0.39, 0.29) is 17.1 Å². The van der Waals surface area contributed by atoms with Gasteiger partial charge in [-0.05, 0) is 30.5 Å². The molecule has 0 radical (unpaired) electrons. The summed E-state index contributed by atoms with van der Waals surface area (Å²) >= 11 is 0. The highest BCUT2D eigenvalue weighted by Crippen LogP contribution is 2.14. The maximum Gasteiger partial charge on any atom is 0.307 e. The van der Waals surface area contributed by atoms with Crippen LogP contribution < -0.4 is 0 Å². The molecule has 1 N–H and O–H groups in total. The third kappa shape index (κ3) is 4.33. The molecule has 0 saturated carbocycles. The first kappa shape index (κ1) is 14.4. The lowest BCUT2D eigenvalue weighted by atomic mass is 10.2. The zero-order valence-electron chi connectivity index (χ0n) is 10.0. The summed E-state index contributed by atoms with van der Waals surface area (Å²) in [5.41, 5.74) is 0.590. The van der Waals surface area contributed by atoms with Crippen molar-refractivity contribution >= 4 is 15.8 Å². The molecule has 5 heteroatoms. The predicted molar refractivity (Wildman–Crippen MR) is 69.3 cm³/mol. The van der Waals surface area contributed by atoms with Gasteiger partial charge in [-0.3, -0.25) is 4.79 Å². The van der Waals surface area contributed by atoms with Gasteiger partial charge in [-0.25, -0.2) is 8.42 Å². The SMILES string of the molecule is C=CCCCS(=O)(=O)c1ccc(CC(=O)O)cc1. The summed E-state index contributed by atoms with van der Waals surface area (Å²) in [6.07, 6.45) is 2.79. The van der Waals surface area contributed by atoms with E-state index >= 15 is 0 Å². The fraction of sp³-hybridized carbons (Fsp3) is 0.308. The van der Waals surface area contributed by atoms with Crippen LogP contribution in [0.3, 0.4) is 0 Å². The highest BCUT2D eigenvalue weighted by molar-refractivity contribution is 7.91. The molecule has 0 amide bonds. The zero-order valence-corrected chi connectivity index (χ0v) is 10.8. The number of allylic oxidation sites excluding steroid dienone is 1. The Morgan fingerprint density at radius 2 is 1.89 bits per heavy atom. The number of carboxylic acids is 1. The Morgan fingerprint density at radius 1 is 1.28 bits per heavy atom. The average Bonchev–Trinajstić information content (AvgIpc) is 2.29. The Labute approximate surface area is 107 Å². The molecule has 0 aromatic heterocycles. The van der Waals surface area contributed by atoms with Gasteiger partial charge < -0.3 is 5.11 Å². The highest BCUT2D eigenvalue weighted by atomic mass is 32.2. The molecule has 0 aliphatic carbocycles. The van der Waals surface area contributed by atoms with Gasteiger partial charge >= 0.3 is 5.97 Å². The number of benzene rings is 1. The first-order valence-electron chi connectivity index (χ1n) is 5.60. The number of carboxylic acid groups (broad SMARTS) is 1.